The van der Waals surface area contributed by atoms with Crippen LogP contribution in [0.25, 0.3) is 16.7 Å². The van der Waals surface area contributed by atoms with Crippen molar-refractivity contribution in [3.63, 3.8) is 0 Å². The molecule has 0 saturated heterocycles. The van der Waals surface area contributed by atoms with Crippen LogP contribution in [0.1, 0.15) is 61.8 Å². The van der Waals surface area contributed by atoms with Gasteiger partial charge in [0, 0.05) is 35.3 Å². The summed E-state index contributed by atoms with van der Waals surface area (Å²) in [7, 11) is 2.26. The van der Waals surface area contributed by atoms with Gasteiger partial charge in [0.15, 0.2) is 0 Å². The molecule has 2 nitrogen and oxygen atoms in total. The van der Waals surface area contributed by atoms with Gasteiger partial charge in [0.2, 0.25) is 0 Å². The first-order valence-corrected chi connectivity index (χ1v) is 17.2. The predicted molar refractivity (Wildman–Crippen MR) is 204 cm³/mol. The van der Waals surface area contributed by atoms with Gasteiger partial charge in [-0.25, -0.2) is 0 Å². The molecule has 0 N–H and O–H groups in total. The summed E-state index contributed by atoms with van der Waals surface area (Å²) in [5.74, 6) is 0. The quantitative estimate of drug-likeness (QED) is 0.0904. The monoisotopic (exact) mass is 616 g/mol. The van der Waals surface area contributed by atoms with Crippen LogP contribution in [-0.2, 0) is 19.3 Å². The number of fused-ring (bicyclic) bond motifs is 1. The van der Waals surface area contributed by atoms with Crippen molar-refractivity contribution in [3.8, 4) is 11.1 Å². The van der Waals surface area contributed by atoms with Crippen LogP contribution in [0.4, 0.5) is 22.7 Å². The standard InChI is InChI=1S/C45H48N2/c1-6-8-15-29-45(4,46(5)40-18-11-9-12-19-40)33-39-32-43(27-28-44(39)34(3)7-2)47(41-20-13-10-14-21-41)42-22-16-17-36(31-42)38-26-24-35-23-25-37(35)30-38/h7,9-14,16-22,24,26-28,30-32H,2-3,6,8,15,23,25,29,33H2,1,4-5H3. The van der Waals surface area contributed by atoms with Crippen molar-refractivity contribution in [2.75, 3.05) is 16.8 Å². The molecule has 1 unspecified atom stereocenters. The molecular weight excluding hydrogens is 569 g/mol. The first kappa shape index (κ1) is 32.1. The number of para-hydroxylation sites is 2. The Morgan fingerprint density at radius 1 is 0.702 bits per heavy atom. The summed E-state index contributed by atoms with van der Waals surface area (Å²) in [5.41, 5.74) is 13.5. The Bertz CT molecular complexity index is 1840. The highest BCUT2D eigenvalue weighted by atomic mass is 15.2. The van der Waals surface area contributed by atoms with E-state index in [0.717, 1.165) is 41.0 Å². The van der Waals surface area contributed by atoms with Crippen molar-refractivity contribution in [1.82, 2.24) is 0 Å². The highest BCUT2D eigenvalue weighted by molar-refractivity contribution is 5.83. The van der Waals surface area contributed by atoms with Gasteiger partial charge in [-0.2, -0.15) is 0 Å². The maximum atomic E-state index is 4.42. The van der Waals surface area contributed by atoms with Crippen LogP contribution in [0.5, 0.6) is 0 Å². The Morgan fingerprint density at radius 3 is 2.02 bits per heavy atom. The van der Waals surface area contributed by atoms with E-state index >= 15 is 0 Å². The van der Waals surface area contributed by atoms with Crippen LogP contribution >= 0.6 is 0 Å². The summed E-state index contributed by atoms with van der Waals surface area (Å²) in [6.07, 6.45) is 9.88. The molecule has 1 atom stereocenters. The van der Waals surface area contributed by atoms with Crippen LogP contribution in [-0.4, -0.2) is 12.6 Å². The van der Waals surface area contributed by atoms with Gasteiger partial charge in [-0.05, 0) is 120 Å². The van der Waals surface area contributed by atoms with E-state index in [9.17, 15) is 0 Å². The van der Waals surface area contributed by atoms with Gasteiger partial charge in [0.05, 0.1) is 0 Å². The van der Waals surface area contributed by atoms with Gasteiger partial charge in [0.25, 0.3) is 0 Å². The topological polar surface area (TPSA) is 6.48 Å². The second kappa shape index (κ2) is 14.3. The first-order chi connectivity index (χ1) is 22.9. The third-order valence-corrected chi connectivity index (χ3v) is 10.1. The predicted octanol–water partition coefficient (Wildman–Crippen LogP) is 12.1. The number of aryl methyl sites for hydroxylation is 2. The molecule has 0 heterocycles. The average molecular weight is 617 g/mol. The molecule has 5 aromatic rings. The molecular formula is C45H48N2. The molecule has 238 valence electrons. The molecule has 0 aromatic heterocycles. The van der Waals surface area contributed by atoms with Crippen LogP contribution < -0.4 is 9.80 Å². The summed E-state index contributed by atoms with van der Waals surface area (Å²) >= 11 is 0. The Kier molecular flexibility index (Phi) is 9.78. The molecule has 0 fully saturated rings. The molecule has 1 aliphatic rings. The molecule has 6 rings (SSSR count). The molecule has 2 heteroatoms. The number of likely N-dealkylation sites (N-methyl/N-ethyl adjacent to an activating group) is 1. The van der Waals surface area contributed by atoms with E-state index in [4.69, 9.17) is 0 Å². The van der Waals surface area contributed by atoms with E-state index in [2.05, 4.69) is 165 Å². The zero-order chi connectivity index (χ0) is 32.8. The molecule has 5 aromatic carbocycles. The van der Waals surface area contributed by atoms with Gasteiger partial charge >= 0.3 is 0 Å². The van der Waals surface area contributed by atoms with Crippen LogP contribution in [0.3, 0.4) is 0 Å². The van der Waals surface area contributed by atoms with Gasteiger partial charge < -0.3 is 9.80 Å². The van der Waals surface area contributed by atoms with Crippen molar-refractivity contribution >= 4 is 28.3 Å². The molecule has 0 saturated carbocycles. The lowest BCUT2D eigenvalue weighted by Gasteiger charge is -2.42. The Morgan fingerprint density at radius 2 is 1.36 bits per heavy atom. The Hall–Kier alpha value is -4.82. The smallest absolute Gasteiger partial charge is 0.0467 e. The fourth-order valence-electron chi connectivity index (χ4n) is 7.02. The minimum Gasteiger partial charge on any atom is -0.369 e. The minimum atomic E-state index is -0.0995. The van der Waals surface area contributed by atoms with Crippen LogP contribution in [0, 0.1) is 0 Å². The lowest BCUT2D eigenvalue weighted by Crippen LogP contribution is -2.46. The summed E-state index contributed by atoms with van der Waals surface area (Å²) in [6, 6.07) is 44.4. The highest BCUT2D eigenvalue weighted by Crippen LogP contribution is 2.40. The fourth-order valence-corrected chi connectivity index (χ4v) is 7.02. The largest absolute Gasteiger partial charge is 0.369 e. The lowest BCUT2D eigenvalue weighted by atomic mass is 9.82. The fraction of sp³-hybridized carbons (Fsp3) is 0.244. The van der Waals surface area contributed by atoms with Crippen molar-refractivity contribution in [2.45, 2.75) is 64.3 Å². The van der Waals surface area contributed by atoms with Gasteiger partial charge in [-0.1, -0.05) is 118 Å². The van der Waals surface area contributed by atoms with Crippen molar-refractivity contribution < 1.29 is 0 Å². The Labute approximate surface area is 282 Å². The van der Waals surface area contributed by atoms with E-state index in [-0.39, 0.29) is 5.54 Å². The zero-order valence-corrected chi connectivity index (χ0v) is 28.4. The summed E-state index contributed by atoms with van der Waals surface area (Å²) in [5, 5.41) is 0. The average Bonchev–Trinajstić information content (AvgIpc) is 3.09. The lowest BCUT2D eigenvalue weighted by molar-refractivity contribution is 0.388. The van der Waals surface area contributed by atoms with E-state index in [0.29, 0.717) is 0 Å². The maximum absolute atomic E-state index is 4.42. The number of rotatable bonds is 14. The third-order valence-electron chi connectivity index (χ3n) is 10.1. The van der Waals surface area contributed by atoms with Crippen molar-refractivity contribution in [2.24, 2.45) is 0 Å². The molecule has 0 radical (unpaired) electrons. The number of hydrogen-bond acceptors (Lipinski definition) is 2. The van der Waals surface area contributed by atoms with E-state index in [1.165, 1.54) is 65.6 Å². The van der Waals surface area contributed by atoms with E-state index in [1.807, 2.05) is 6.08 Å². The molecule has 0 aliphatic heterocycles. The zero-order valence-electron chi connectivity index (χ0n) is 28.4. The van der Waals surface area contributed by atoms with Crippen molar-refractivity contribution in [3.05, 3.63) is 163 Å². The second-order valence-corrected chi connectivity index (χ2v) is 13.3. The second-order valence-electron chi connectivity index (χ2n) is 13.3. The van der Waals surface area contributed by atoms with Gasteiger partial charge in [0.1, 0.15) is 0 Å². The summed E-state index contributed by atoms with van der Waals surface area (Å²) < 4.78 is 0. The number of nitrogens with zero attached hydrogens (tertiary/aromatic N) is 2. The van der Waals surface area contributed by atoms with Crippen molar-refractivity contribution in [1.29, 1.82) is 0 Å². The Balaban J connectivity index is 1.45. The molecule has 0 amide bonds. The van der Waals surface area contributed by atoms with E-state index in [1.54, 1.807) is 0 Å². The first-order valence-electron chi connectivity index (χ1n) is 17.2. The summed E-state index contributed by atoms with van der Waals surface area (Å²) in [4.78, 5) is 4.88. The molecule has 0 bridgehead atoms. The normalized spacial score (nSPS) is 13.2. The van der Waals surface area contributed by atoms with E-state index < -0.39 is 0 Å². The number of hydrogen-bond donors (Lipinski definition) is 0. The van der Waals surface area contributed by atoms with Crippen LogP contribution in [0.15, 0.2) is 141 Å². The molecule has 1 aliphatic carbocycles. The number of unbranched alkanes of at least 4 members (excludes halogenated alkanes) is 2. The van der Waals surface area contributed by atoms with Gasteiger partial charge in [-0.15, -0.1) is 0 Å². The third kappa shape index (κ3) is 6.98. The SMILES string of the molecule is C=CC(=C)c1ccc(N(c2ccccc2)c2cccc(-c3ccc4c(c3)CC4)c2)cc1CC(C)(CCCCC)N(C)c1ccccc1. The highest BCUT2D eigenvalue weighted by Gasteiger charge is 2.31. The van der Waals surface area contributed by atoms with Gasteiger partial charge in [-0.3, -0.25) is 0 Å². The summed E-state index contributed by atoms with van der Waals surface area (Å²) in [6.45, 7) is 13.2. The van der Waals surface area contributed by atoms with Crippen LogP contribution in [0.2, 0.25) is 0 Å². The minimum absolute atomic E-state index is 0.0995. The number of benzene rings is 5. The number of allylic oxidation sites excluding steroid dienone is 2. The maximum Gasteiger partial charge on any atom is 0.0467 e. The molecule has 0 spiro atoms. The molecule has 47 heavy (non-hydrogen) atoms. The number of anilines is 4.